The normalized spacial score (nSPS) is 10.5. The zero-order valence-corrected chi connectivity index (χ0v) is 8.48. The van der Waals surface area contributed by atoms with E-state index < -0.39 is 0 Å². The monoisotopic (exact) mass is 202 g/mol. The van der Waals surface area contributed by atoms with Crippen LogP contribution in [0.4, 0.5) is 0 Å². The average Bonchev–Trinajstić information content (AvgIpc) is 2.75. The van der Waals surface area contributed by atoms with Gasteiger partial charge in [0.15, 0.2) is 0 Å². The van der Waals surface area contributed by atoms with Crippen LogP contribution in [0.1, 0.15) is 17.0 Å². The van der Waals surface area contributed by atoms with Crippen molar-refractivity contribution in [2.24, 2.45) is 5.73 Å². The lowest BCUT2D eigenvalue weighted by Gasteiger charge is -2.00. The molecule has 3 N–H and O–H groups in total. The van der Waals surface area contributed by atoms with Crippen molar-refractivity contribution in [3.05, 3.63) is 47.8 Å². The highest BCUT2D eigenvalue weighted by Gasteiger charge is 2.03. The molecule has 0 saturated heterocycles. The topological polar surface area (TPSA) is 67.6 Å². The summed E-state index contributed by atoms with van der Waals surface area (Å²) in [4.78, 5) is 11.4. The first-order valence-corrected chi connectivity index (χ1v) is 5.00. The van der Waals surface area contributed by atoms with Gasteiger partial charge in [-0.25, -0.2) is 4.98 Å². The van der Waals surface area contributed by atoms with Crippen molar-refractivity contribution >= 4 is 0 Å². The van der Waals surface area contributed by atoms with Crippen LogP contribution in [0.2, 0.25) is 0 Å². The van der Waals surface area contributed by atoms with Crippen LogP contribution in [-0.4, -0.2) is 15.0 Å². The minimum Gasteiger partial charge on any atom is -0.347 e. The van der Waals surface area contributed by atoms with Crippen LogP contribution >= 0.6 is 0 Å². The quantitative estimate of drug-likeness (QED) is 0.778. The van der Waals surface area contributed by atoms with E-state index in [4.69, 9.17) is 5.73 Å². The Labute approximate surface area is 88.6 Å². The molecule has 0 saturated carbocycles. The number of nitrogens with one attached hydrogen (secondary N) is 1. The molecule has 0 atom stereocenters. The number of rotatable bonds is 4. The number of imidazole rings is 1. The Morgan fingerprint density at radius 2 is 2.27 bits per heavy atom. The molecular weight excluding hydrogens is 188 g/mol. The Hall–Kier alpha value is -1.68. The fourth-order valence-electron chi connectivity index (χ4n) is 1.55. The number of pyridine rings is 1. The van der Waals surface area contributed by atoms with E-state index in [2.05, 4.69) is 21.0 Å². The third-order valence-corrected chi connectivity index (χ3v) is 2.38. The van der Waals surface area contributed by atoms with Gasteiger partial charge in [-0.05, 0) is 24.5 Å². The maximum Gasteiger partial charge on any atom is 0.0925 e. The fraction of sp³-hybridized carbons (Fsp3) is 0.273. The van der Waals surface area contributed by atoms with E-state index >= 15 is 0 Å². The van der Waals surface area contributed by atoms with Gasteiger partial charge in [-0.15, -0.1) is 0 Å². The lowest BCUT2D eigenvalue weighted by molar-refractivity contribution is 0.881. The third-order valence-electron chi connectivity index (χ3n) is 2.38. The van der Waals surface area contributed by atoms with Crippen molar-refractivity contribution in [3.63, 3.8) is 0 Å². The number of aromatic amines is 1. The Kier molecular flexibility index (Phi) is 3.09. The Balaban J connectivity index is 1.99. The predicted molar refractivity (Wildman–Crippen MR) is 58.1 cm³/mol. The van der Waals surface area contributed by atoms with Crippen LogP contribution in [-0.2, 0) is 19.4 Å². The van der Waals surface area contributed by atoms with E-state index in [9.17, 15) is 0 Å². The summed E-state index contributed by atoms with van der Waals surface area (Å²) >= 11 is 0. The van der Waals surface area contributed by atoms with E-state index in [0.29, 0.717) is 6.54 Å². The lowest BCUT2D eigenvalue weighted by Crippen LogP contribution is -2.02. The van der Waals surface area contributed by atoms with E-state index in [1.165, 1.54) is 5.56 Å². The van der Waals surface area contributed by atoms with Crippen molar-refractivity contribution in [2.75, 3.05) is 0 Å². The summed E-state index contributed by atoms with van der Waals surface area (Å²) in [5.74, 6) is 0. The minimum atomic E-state index is 0.516. The molecule has 0 unspecified atom stereocenters. The highest BCUT2D eigenvalue weighted by molar-refractivity contribution is 5.15. The van der Waals surface area contributed by atoms with Crippen LogP contribution in [0.15, 0.2) is 30.9 Å². The van der Waals surface area contributed by atoms with Gasteiger partial charge in [0.1, 0.15) is 0 Å². The Bertz CT molecular complexity index is 408. The molecule has 0 fully saturated rings. The maximum absolute atomic E-state index is 5.58. The van der Waals surface area contributed by atoms with E-state index in [0.717, 1.165) is 24.2 Å². The van der Waals surface area contributed by atoms with Crippen LogP contribution in [0, 0.1) is 0 Å². The van der Waals surface area contributed by atoms with Crippen LogP contribution in [0.3, 0.4) is 0 Å². The first-order valence-electron chi connectivity index (χ1n) is 5.00. The van der Waals surface area contributed by atoms with Gasteiger partial charge in [0.05, 0.1) is 17.7 Å². The van der Waals surface area contributed by atoms with Crippen molar-refractivity contribution in [1.29, 1.82) is 0 Å². The molecule has 0 aromatic carbocycles. The highest BCUT2D eigenvalue weighted by Crippen LogP contribution is 2.07. The summed E-state index contributed by atoms with van der Waals surface area (Å²) in [6, 6.07) is 4.02. The molecule has 0 aliphatic rings. The molecule has 0 amide bonds. The molecule has 0 spiro atoms. The Morgan fingerprint density at radius 3 is 3.00 bits per heavy atom. The summed E-state index contributed by atoms with van der Waals surface area (Å²) in [5, 5.41) is 0. The van der Waals surface area contributed by atoms with E-state index in [1.54, 1.807) is 12.5 Å². The summed E-state index contributed by atoms with van der Waals surface area (Å²) in [5.41, 5.74) is 8.89. The maximum atomic E-state index is 5.58. The number of aryl methyl sites for hydroxylation is 2. The number of nitrogens with two attached hydrogens (primary N) is 1. The van der Waals surface area contributed by atoms with Crippen molar-refractivity contribution in [2.45, 2.75) is 19.4 Å². The summed E-state index contributed by atoms with van der Waals surface area (Å²) in [7, 11) is 0. The smallest absolute Gasteiger partial charge is 0.0925 e. The van der Waals surface area contributed by atoms with Gasteiger partial charge in [-0.1, -0.05) is 6.07 Å². The number of H-pyrrole nitrogens is 1. The molecule has 4 nitrogen and oxygen atoms in total. The summed E-state index contributed by atoms with van der Waals surface area (Å²) in [6.45, 7) is 0.516. The average molecular weight is 202 g/mol. The fourth-order valence-corrected chi connectivity index (χ4v) is 1.55. The van der Waals surface area contributed by atoms with Crippen LogP contribution < -0.4 is 5.73 Å². The molecule has 4 heteroatoms. The van der Waals surface area contributed by atoms with Crippen molar-refractivity contribution < 1.29 is 0 Å². The summed E-state index contributed by atoms with van der Waals surface area (Å²) in [6.07, 6.45) is 7.21. The van der Waals surface area contributed by atoms with Gasteiger partial charge in [0.25, 0.3) is 0 Å². The van der Waals surface area contributed by atoms with E-state index in [1.807, 2.05) is 12.3 Å². The molecule has 15 heavy (non-hydrogen) atoms. The highest BCUT2D eigenvalue weighted by atomic mass is 14.9. The second-order valence-electron chi connectivity index (χ2n) is 3.39. The molecule has 0 aliphatic heterocycles. The molecule has 2 aromatic heterocycles. The van der Waals surface area contributed by atoms with Gasteiger partial charge < -0.3 is 10.7 Å². The number of hydrogen-bond donors (Lipinski definition) is 2. The molecule has 2 rings (SSSR count). The van der Waals surface area contributed by atoms with Gasteiger partial charge in [-0.3, -0.25) is 4.98 Å². The zero-order chi connectivity index (χ0) is 10.5. The van der Waals surface area contributed by atoms with E-state index in [-0.39, 0.29) is 0 Å². The van der Waals surface area contributed by atoms with Gasteiger partial charge >= 0.3 is 0 Å². The van der Waals surface area contributed by atoms with Crippen molar-refractivity contribution in [3.8, 4) is 0 Å². The lowest BCUT2D eigenvalue weighted by atomic mass is 10.1. The van der Waals surface area contributed by atoms with Gasteiger partial charge in [-0.2, -0.15) is 0 Å². The molecule has 0 aliphatic carbocycles. The van der Waals surface area contributed by atoms with Crippen LogP contribution in [0.25, 0.3) is 0 Å². The summed E-state index contributed by atoms with van der Waals surface area (Å²) < 4.78 is 0. The first kappa shape index (κ1) is 9.86. The number of nitrogens with zero attached hydrogens (tertiary/aromatic N) is 2. The molecule has 2 heterocycles. The standard InChI is InChI=1S/C11H14N4/c12-6-11-10(14-8-15-11)4-3-9-2-1-5-13-7-9/h1-2,5,7-8H,3-4,6,12H2,(H,14,15). The second kappa shape index (κ2) is 4.70. The van der Waals surface area contributed by atoms with Gasteiger partial charge in [0.2, 0.25) is 0 Å². The molecule has 0 radical (unpaired) electrons. The number of aromatic nitrogens is 3. The molecule has 2 aromatic rings. The Morgan fingerprint density at radius 1 is 1.33 bits per heavy atom. The van der Waals surface area contributed by atoms with Crippen LogP contribution in [0.5, 0.6) is 0 Å². The van der Waals surface area contributed by atoms with Crippen molar-refractivity contribution in [1.82, 2.24) is 15.0 Å². The largest absolute Gasteiger partial charge is 0.347 e. The minimum absolute atomic E-state index is 0.516. The molecule has 0 bridgehead atoms. The first-order chi connectivity index (χ1) is 7.40. The molecule has 78 valence electrons. The second-order valence-corrected chi connectivity index (χ2v) is 3.39. The molecular formula is C11H14N4. The third kappa shape index (κ3) is 2.41. The predicted octanol–water partition coefficient (Wildman–Crippen LogP) is 1.05. The SMILES string of the molecule is NCc1[nH]cnc1CCc1cccnc1. The number of hydrogen-bond acceptors (Lipinski definition) is 3. The van der Waals surface area contributed by atoms with Gasteiger partial charge in [0, 0.05) is 18.9 Å². The zero-order valence-electron chi connectivity index (χ0n) is 8.48.